The average molecular weight is 470 g/mol. The summed E-state index contributed by atoms with van der Waals surface area (Å²) in [5, 5.41) is 0.0684. The van der Waals surface area contributed by atoms with E-state index in [9.17, 15) is 9.59 Å². The van der Waals surface area contributed by atoms with Crippen LogP contribution in [-0.2, 0) is 0 Å². The molecule has 0 spiro atoms. The molecule has 2 aromatic carbocycles. The molecule has 1 aromatic heterocycles. The summed E-state index contributed by atoms with van der Waals surface area (Å²) in [6.45, 7) is 0. The zero-order chi connectivity index (χ0) is 24.8. The van der Waals surface area contributed by atoms with Gasteiger partial charge in [0.15, 0.2) is 23.0 Å². The largest absolute Gasteiger partial charge is 0.496 e. The average Bonchev–Trinajstić information content (AvgIpc) is 2.86. The number of hydrogen-bond acceptors (Lipinski definition) is 8. The number of nitrogens with one attached hydrogen (secondary N) is 2. The maximum atomic E-state index is 12.8. The van der Waals surface area contributed by atoms with Crippen LogP contribution in [0.4, 0.5) is 0 Å². The van der Waals surface area contributed by atoms with Gasteiger partial charge in [0.25, 0.3) is 11.1 Å². The lowest BCUT2D eigenvalue weighted by molar-refractivity contribution is 0.348. The van der Waals surface area contributed by atoms with E-state index in [1.807, 2.05) is 0 Å². The van der Waals surface area contributed by atoms with Gasteiger partial charge in [-0.05, 0) is 24.3 Å². The topological polar surface area (TPSA) is 121 Å². The summed E-state index contributed by atoms with van der Waals surface area (Å²) < 4.78 is 31.9. The van der Waals surface area contributed by atoms with Gasteiger partial charge < -0.3 is 38.4 Å². The number of aromatic nitrogens is 2. The second-order valence-electron chi connectivity index (χ2n) is 6.92. The minimum atomic E-state index is -0.512. The molecule has 10 heteroatoms. The highest BCUT2D eigenvalue weighted by molar-refractivity contribution is 5.64. The molecular weight excluding hydrogens is 444 g/mol. The molecule has 3 aromatic rings. The van der Waals surface area contributed by atoms with Crippen molar-refractivity contribution in [1.29, 1.82) is 0 Å². The highest BCUT2D eigenvalue weighted by Gasteiger charge is 2.12. The molecule has 0 saturated carbocycles. The number of benzene rings is 2. The molecule has 0 atom stereocenters. The smallest absolute Gasteiger partial charge is 0.272 e. The van der Waals surface area contributed by atoms with Gasteiger partial charge in [0.1, 0.15) is 22.2 Å². The Morgan fingerprint density at radius 3 is 1.09 bits per heavy atom. The van der Waals surface area contributed by atoms with Crippen molar-refractivity contribution >= 4 is 12.2 Å². The van der Waals surface area contributed by atoms with E-state index in [1.165, 1.54) is 54.8 Å². The zero-order valence-electron chi connectivity index (χ0n) is 19.7. The molecule has 0 aliphatic rings. The molecule has 180 valence electrons. The van der Waals surface area contributed by atoms with Crippen LogP contribution in [0.2, 0.25) is 0 Å². The number of hydrogen-bond donors (Lipinski definition) is 2. The van der Waals surface area contributed by atoms with Crippen molar-refractivity contribution in [3.8, 4) is 34.5 Å². The van der Waals surface area contributed by atoms with Gasteiger partial charge in [-0.25, -0.2) is 0 Å². The fourth-order valence-electron chi connectivity index (χ4n) is 3.34. The third kappa shape index (κ3) is 4.85. The van der Waals surface area contributed by atoms with E-state index in [1.54, 1.807) is 24.3 Å². The van der Waals surface area contributed by atoms with Crippen molar-refractivity contribution in [2.75, 3.05) is 42.7 Å². The minimum Gasteiger partial charge on any atom is -0.496 e. The molecule has 0 saturated heterocycles. The quantitative estimate of drug-likeness (QED) is 0.495. The molecule has 0 radical (unpaired) electrons. The van der Waals surface area contributed by atoms with Gasteiger partial charge in [0.05, 0.1) is 42.7 Å². The molecule has 34 heavy (non-hydrogen) atoms. The third-order valence-electron chi connectivity index (χ3n) is 5.06. The van der Waals surface area contributed by atoms with Crippen LogP contribution >= 0.6 is 0 Å². The molecule has 0 aliphatic heterocycles. The van der Waals surface area contributed by atoms with E-state index in [4.69, 9.17) is 28.4 Å². The third-order valence-corrected chi connectivity index (χ3v) is 5.06. The molecule has 0 aliphatic carbocycles. The van der Waals surface area contributed by atoms with Crippen LogP contribution in [0.5, 0.6) is 34.5 Å². The number of ether oxygens (including phenoxy) is 6. The second kappa shape index (κ2) is 10.5. The predicted molar refractivity (Wildman–Crippen MR) is 126 cm³/mol. The van der Waals surface area contributed by atoms with Crippen molar-refractivity contribution < 1.29 is 28.4 Å². The van der Waals surface area contributed by atoms with Gasteiger partial charge in [-0.15, -0.1) is 0 Å². The van der Waals surface area contributed by atoms with Crippen molar-refractivity contribution in [3.05, 3.63) is 66.8 Å². The maximum absolute atomic E-state index is 12.8. The van der Waals surface area contributed by atoms with Crippen LogP contribution in [-0.4, -0.2) is 52.6 Å². The van der Waals surface area contributed by atoms with Crippen molar-refractivity contribution in [2.24, 2.45) is 0 Å². The maximum Gasteiger partial charge on any atom is 0.272 e. The Kier molecular flexibility index (Phi) is 7.52. The first-order valence-corrected chi connectivity index (χ1v) is 10.0. The molecule has 2 N–H and O–H groups in total. The van der Waals surface area contributed by atoms with Gasteiger partial charge in [0.2, 0.25) is 0 Å². The lowest BCUT2D eigenvalue weighted by atomic mass is 10.1. The molecule has 0 bridgehead atoms. The Bertz CT molecular complexity index is 1310. The minimum absolute atomic E-state index is 0.0342. The molecule has 0 fully saturated rings. The van der Waals surface area contributed by atoms with Crippen LogP contribution < -0.4 is 50.2 Å². The highest BCUT2D eigenvalue weighted by Crippen LogP contribution is 2.35. The Morgan fingerprint density at radius 1 is 0.500 bits per heavy atom. The first-order valence-electron chi connectivity index (χ1n) is 10.0. The summed E-state index contributed by atoms with van der Waals surface area (Å²) in [7, 11) is 8.98. The zero-order valence-corrected chi connectivity index (χ0v) is 19.7. The van der Waals surface area contributed by atoms with Crippen molar-refractivity contribution in [1.82, 2.24) is 9.97 Å². The summed E-state index contributed by atoms with van der Waals surface area (Å²) in [5.41, 5.74) is 0.00319. The first kappa shape index (κ1) is 24.3. The van der Waals surface area contributed by atoms with Gasteiger partial charge in [-0.1, -0.05) is 0 Å². The molecule has 3 rings (SSSR count). The first-order chi connectivity index (χ1) is 16.4. The van der Waals surface area contributed by atoms with Crippen LogP contribution in [0.1, 0.15) is 11.1 Å². The van der Waals surface area contributed by atoms with E-state index in [-0.39, 0.29) is 10.7 Å². The van der Waals surface area contributed by atoms with E-state index >= 15 is 0 Å². The lowest BCUT2D eigenvalue weighted by Crippen LogP contribution is -2.46. The number of methoxy groups -OCH3 is 6. The molecule has 0 unspecified atom stereocenters. The predicted octanol–water partition coefficient (Wildman–Crippen LogP) is 0.772. The van der Waals surface area contributed by atoms with Gasteiger partial charge in [0, 0.05) is 23.3 Å². The molecule has 10 nitrogen and oxygen atoms in total. The van der Waals surface area contributed by atoms with E-state index in [0.29, 0.717) is 45.6 Å². The van der Waals surface area contributed by atoms with Crippen LogP contribution in [0.3, 0.4) is 0 Å². The second-order valence-corrected chi connectivity index (χ2v) is 6.92. The Hall–Kier alpha value is -4.34. The Balaban J connectivity index is 2.19. The van der Waals surface area contributed by atoms with Crippen LogP contribution in [0, 0.1) is 0 Å². The molecular formula is C24H26N2O8. The number of rotatable bonds is 8. The van der Waals surface area contributed by atoms with Crippen molar-refractivity contribution in [3.63, 3.8) is 0 Å². The number of aromatic amines is 2. The Labute approximate surface area is 195 Å². The van der Waals surface area contributed by atoms with Crippen LogP contribution in [0.25, 0.3) is 12.2 Å². The standard InChI is InChI=1S/C24H26N2O8/c1-29-17-11-21(33-5)19(31-3)9-13(17)7-15-23(27)26-16(24(28)25-15)8-14-10-20(32-4)22(34-6)12-18(14)30-2/h7-12H,1-6H3,(H,25,28)(H,26,27)/b15-7-,16-8-. The van der Waals surface area contributed by atoms with Gasteiger partial charge in [-0.3, -0.25) is 9.59 Å². The lowest BCUT2D eigenvalue weighted by Gasteiger charge is -2.12. The summed E-state index contributed by atoms with van der Waals surface area (Å²) in [6.07, 6.45) is 2.98. The van der Waals surface area contributed by atoms with Gasteiger partial charge >= 0.3 is 0 Å². The van der Waals surface area contributed by atoms with Gasteiger partial charge in [-0.2, -0.15) is 0 Å². The fourth-order valence-corrected chi connectivity index (χ4v) is 3.34. The Morgan fingerprint density at radius 2 is 0.794 bits per heavy atom. The van der Waals surface area contributed by atoms with E-state index < -0.39 is 11.1 Å². The van der Waals surface area contributed by atoms with Crippen molar-refractivity contribution in [2.45, 2.75) is 0 Å². The number of H-pyrrole nitrogens is 2. The summed E-state index contributed by atoms with van der Waals surface area (Å²) in [4.78, 5) is 30.8. The normalized spacial score (nSPS) is 11.8. The summed E-state index contributed by atoms with van der Waals surface area (Å²) >= 11 is 0. The van der Waals surface area contributed by atoms with E-state index in [0.717, 1.165) is 0 Å². The molecule has 1 heterocycles. The monoisotopic (exact) mass is 470 g/mol. The SMILES string of the molecule is COc1cc(OC)c(OC)cc1/C=c1\[nH]c(=O)/c(=C/c2cc(OC)c(OC)cc2OC)[nH]c1=O. The van der Waals surface area contributed by atoms with Crippen LogP contribution in [0.15, 0.2) is 33.9 Å². The molecule has 0 amide bonds. The summed E-state index contributed by atoms with van der Waals surface area (Å²) in [6, 6.07) is 6.54. The summed E-state index contributed by atoms with van der Waals surface area (Å²) in [5.74, 6) is 2.69. The fraction of sp³-hybridized carbons (Fsp3) is 0.250. The highest BCUT2D eigenvalue weighted by atomic mass is 16.5. The van der Waals surface area contributed by atoms with E-state index in [2.05, 4.69) is 9.97 Å².